The lowest BCUT2D eigenvalue weighted by Crippen LogP contribution is -2.23. The smallest absolute Gasteiger partial charge is 0.241 e. The average Bonchev–Trinajstić information content (AvgIpc) is 3.16. The molecule has 0 bridgehead atoms. The van der Waals surface area contributed by atoms with E-state index in [4.69, 9.17) is 9.47 Å². The molecule has 7 nitrogen and oxygen atoms in total. The second-order valence-corrected chi connectivity index (χ2v) is 7.32. The lowest BCUT2D eigenvalue weighted by Gasteiger charge is -2.08. The fourth-order valence-electron chi connectivity index (χ4n) is 2.70. The molecule has 0 radical (unpaired) electrons. The first-order valence-corrected chi connectivity index (χ1v) is 8.80. The lowest BCUT2D eigenvalue weighted by molar-refractivity contribution is -0.115. The maximum absolute atomic E-state index is 12.4. The van der Waals surface area contributed by atoms with Crippen LogP contribution in [0, 0.1) is 0 Å². The molecule has 24 heavy (non-hydrogen) atoms. The third-order valence-electron chi connectivity index (χ3n) is 3.92. The molecule has 2 aliphatic rings. The van der Waals surface area contributed by atoms with Crippen LogP contribution >= 0.6 is 0 Å². The molecular formula is C16H14N2O5S. The number of fused-ring (bicyclic) bond motifs is 2. The van der Waals surface area contributed by atoms with Gasteiger partial charge < -0.3 is 14.8 Å². The zero-order valence-electron chi connectivity index (χ0n) is 12.5. The molecular weight excluding hydrogens is 332 g/mol. The Hall–Kier alpha value is -2.58. The highest BCUT2D eigenvalue weighted by Gasteiger charge is 2.21. The van der Waals surface area contributed by atoms with E-state index in [-0.39, 0.29) is 24.1 Å². The molecule has 2 aromatic carbocycles. The van der Waals surface area contributed by atoms with Crippen LogP contribution < -0.4 is 19.5 Å². The molecule has 124 valence electrons. The molecule has 0 unspecified atom stereocenters. The van der Waals surface area contributed by atoms with Crippen LogP contribution in [0.5, 0.6) is 11.5 Å². The molecule has 8 heteroatoms. The van der Waals surface area contributed by atoms with Gasteiger partial charge in [0.25, 0.3) is 0 Å². The van der Waals surface area contributed by atoms with E-state index in [1.54, 1.807) is 18.2 Å². The van der Waals surface area contributed by atoms with Crippen LogP contribution in [0.2, 0.25) is 0 Å². The van der Waals surface area contributed by atoms with Gasteiger partial charge in [0.15, 0.2) is 11.5 Å². The second-order valence-electron chi connectivity index (χ2n) is 5.56. The number of hydrogen-bond acceptors (Lipinski definition) is 5. The second kappa shape index (κ2) is 5.50. The average molecular weight is 346 g/mol. The van der Waals surface area contributed by atoms with Crippen molar-refractivity contribution in [1.29, 1.82) is 0 Å². The molecule has 2 heterocycles. The number of sulfonamides is 1. The van der Waals surface area contributed by atoms with Crippen LogP contribution in [-0.4, -0.2) is 21.1 Å². The minimum Gasteiger partial charge on any atom is -0.454 e. The van der Waals surface area contributed by atoms with Crippen LogP contribution in [0.15, 0.2) is 41.3 Å². The van der Waals surface area contributed by atoms with E-state index in [2.05, 4.69) is 10.0 Å². The van der Waals surface area contributed by atoms with Crippen molar-refractivity contribution in [2.24, 2.45) is 0 Å². The summed E-state index contributed by atoms with van der Waals surface area (Å²) < 4.78 is 37.8. The van der Waals surface area contributed by atoms with Gasteiger partial charge in [-0.15, -0.1) is 0 Å². The summed E-state index contributed by atoms with van der Waals surface area (Å²) in [6, 6.07) is 9.88. The standard InChI is InChI=1S/C16H14N2O5S/c19-16-6-11-5-10(1-3-13(11)18-16)8-17-24(20,21)12-2-4-14-15(7-12)23-9-22-14/h1-5,7,17H,6,8-9H2,(H,18,19). The van der Waals surface area contributed by atoms with Gasteiger partial charge in [-0.25, -0.2) is 13.1 Å². The number of benzene rings is 2. The van der Waals surface area contributed by atoms with Crippen molar-refractivity contribution >= 4 is 21.6 Å². The SMILES string of the molecule is O=C1Cc2cc(CNS(=O)(=O)c3ccc4c(c3)OCO4)ccc2N1. The molecule has 4 rings (SSSR count). The summed E-state index contributed by atoms with van der Waals surface area (Å²) in [7, 11) is -3.67. The summed E-state index contributed by atoms with van der Waals surface area (Å²) in [5.41, 5.74) is 2.44. The molecule has 0 aromatic heterocycles. The van der Waals surface area contributed by atoms with E-state index >= 15 is 0 Å². The largest absolute Gasteiger partial charge is 0.454 e. The van der Waals surface area contributed by atoms with E-state index in [0.717, 1.165) is 16.8 Å². The molecule has 0 atom stereocenters. The van der Waals surface area contributed by atoms with Crippen molar-refractivity contribution in [2.45, 2.75) is 17.9 Å². The quantitative estimate of drug-likeness (QED) is 0.872. The highest BCUT2D eigenvalue weighted by Crippen LogP contribution is 2.33. The maximum atomic E-state index is 12.4. The van der Waals surface area contributed by atoms with Gasteiger partial charge in [0.05, 0.1) is 11.3 Å². The maximum Gasteiger partial charge on any atom is 0.241 e. The molecule has 2 N–H and O–H groups in total. The minimum atomic E-state index is -3.67. The summed E-state index contributed by atoms with van der Waals surface area (Å²) >= 11 is 0. The highest BCUT2D eigenvalue weighted by atomic mass is 32.2. The first-order valence-electron chi connectivity index (χ1n) is 7.32. The van der Waals surface area contributed by atoms with Crippen LogP contribution in [0.1, 0.15) is 11.1 Å². The van der Waals surface area contributed by atoms with Crippen molar-refractivity contribution < 1.29 is 22.7 Å². The summed E-state index contributed by atoms with van der Waals surface area (Å²) in [5.74, 6) is 0.896. The van der Waals surface area contributed by atoms with Gasteiger partial charge in [-0.2, -0.15) is 0 Å². The topological polar surface area (TPSA) is 93.7 Å². The Kier molecular flexibility index (Phi) is 3.43. The van der Waals surface area contributed by atoms with E-state index in [1.165, 1.54) is 12.1 Å². The van der Waals surface area contributed by atoms with Gasteiger partial charge in [-0.3, -0.25) is 4.79 Å². The van der Waals surface area contributed by atoms with Crippen molar-refractivity contribution in [3.05, 3.63) is 47.5 Å². The molecule has 0 aliphatic carbocycles. The normalized spacial score (nSPS) is 15.2. The fourth-order valence-corrected chi connectivity index (χ4v) is 3.73. The number of amides is 1. The van der Waals surface area contributed by atoms with Crippen LogP contribution in [0.3, 0.4) is 0 Å². The fraction of sp³-hybridized carbons (Fsp3) is 0.188. The van der Waals surface area contributed by atoms with Gasteiger partial charge >= 0.3 is 0 Å². The van der Waals surface area contributed by atoms with E-state index in [1.807, 2.05) is 6.07 Å². The number of anilines is 1. The number of carbonyl (C=O) groups is 1. The Bertz CT molecular complexity index is 939. The van der Waals surface area contributed by atoms with Gasteiger partial charge in [-0.05, 0) is 29.3 Å². The molecule has 0 fully saturated rings. The molecule has 2 aliphatic heterocycles. The highest BCUT2D eigenvalue weighted by molar-refractivity contribution is 7.89. The summed E-state index contributed by atoms with van der Waals surface area (Å²) in [6.07, 6.45) is 0.318. The monoisotopic (exact) mass is 346 g/mol. The molecule has 0 saturated carbocycles. The van der Waals surface area contributed by atoms with Gasteiger partial charge in [0.1, 0.15) is 0 Å². The number of hydrogen-bond donors (Lipinski definition) is 2. The van der Waals surface area contributed by atoms with E-state index < -0.39 is 10.0 Å². The summed E-state index contributed by atoms with van der Waals surface area (Å²) in [6.45, 7) is 0.229. The minimum absolute atomic E-state index is 0.0527. The zero-order valence-corrected chi connectivity index (χ0v) is 13.4. The first kappa shape index (κ1) is 15.0. The number of nitrogens with one attached hydrogen (secondary N) is 2. The molecule has 0 spiro atoms. The number of rotatable bonds is 4. The Morgan fingerprint density at radius 3 is 2.79 bits per heavy atom. The number of ether oxygens (including phenoxy) is 2. The third-order valence-corrected chi connectivity index (χ3v) is 5.31. The molecule has 2 aromatic rings. The van der Waals surface area contributed by atoms with Gasteiger partial charge in [0.2, 0.25) is 22.7 Å². The van der Waals surface area contributed by atoms with Crippen LogP contribution in [-0.2, 0) is 27.8 Å². The van der Waals surface area contributed by atoms with E-state index in [0.29, 0.717) is 17.9 Å². The summed E-state index contributed by atoms with van der Waals surface area (Å²) in [4.78, 5) is 11.5. The molecule has 0 saturated heterocycles. The van der Waals surface area contributed by atoms with Crippen LogP contribution in [0.25, 0.3) is 0 Å². The van der Waals surface area contributed by atoms with Gasteiger partial charge in [-0.1, -0.05) is 12.1 Å². The summed E-state index contributed by atoms with van der Waals surface area (Å²) in [5, 5.41) is 2.74. The Balaban J connectivity index is 1.51. The number of carbonyl (C=O) groups excluding carboxylic acids is 1. The zero-order chi connectivity index (χ0) is 16.7. The van der Waals surface area contributed by atoms with Gasteiger partial charge in [0, 0.05) is 18.3 Å². The van der Waals surface area contributed by atoms with Crippen molar-refractivity contribution in [3.63, 3.8) is 0 Å². The van der Waals surface area contributed by atoms with Crippen molar-refractivity contribution in [3.8, 4) is 11.5 Å². The predicted octanol–water partition coefficient (Wildman–Crippen LogP) is 1.39. The first-order chi connectivity index (χ1) is 11.5. The molecule has 1 amide bonds. The van der Waals surface area contributed by atoms with Crippen LogP contribution in [0.4, 0.5) is 5.69 Å². The van der Waals surface area contributed by atoms with Crippen molar-refractivity contribution in [1.82, 2.24) is 4.72 Å². The Morgan fingerprint density at radius 1 is 1.08 bits per heavy atom. The Labute approximate surface area is 138 Å². The Morgan fingerprint density at radius 2 is 1.92 bits per heavy atom. The predicted molar refractivity (Wildman–Crippen MR) is 85.4 cm³/mol. The lowest BCUT2D eigenvalue weighted by atomic mass is 10.1. The third kappa shape index (κ3) is 2.70. The van der Waals surface area contributed by atoms with Crippen molar-refractivity contribution in [2.75, 3.05) is 12.1 Å². The van der Waals surface area contributed by atoms with E-state index in [9.17, 15) is 13.2 Å².